The smallest absolute Gasteiger partial charge is 0.744 e. The first-order chi connectivity index (χ1) is 19.1. The average Bonchev–Trinajstić information content (AvgIpc) is 2.89. The molecule has 3 aromatic rings. The van der Waals surface area contributed by atoms with Crippen LogP contribution in [-0.4, -0.2) is 50.8 Å². The fourth-order valence-electron chi connectivity index (χ4n) is 5.05. The Morgan fingerprint density at radius 3 is 1.21 bits per heavy atom. The minimum Gasteiger partial charge on any atom is -0.744 e. The molecular formula is C30H40N2Na2O6S2+2. The van der Waals surface area contributed by atoms with Crippen molar-refractivity contribution in [1.29, 1.82) is 0 Å². The molecule has 0 amide bonds. The maximum Gasteiger partial charge on any atom is 1.00 e. The van der Waals surface area contributed by atoms with Crippen LogP contribution in [0, 0.1) is 0 Å². The van der Waals surface area contributed by atoms with Gasteiger partial charge in [0.25, 0.3) is 0 Å². The molecule has 0 aliphatic carbocycles. The monoisotopic (exact) mass is 634 g/mol. The molecular weight excluding hydrogens is 594 g/mol. The van der Waals surface area contributed by atoms with Gasteiger partial charge >= 0.3 is 59.1 Å². The fourth-order valence-corrected chi connectivity index (χ4v) is 6.54. The normalized spacial score (nSPS) is 13.0. The third kappa shape index (κ3) is 17.6. The molecule has 12 heteroatoms. The number of hydrogen-bond acceptors (Lipinski definition) is 6. The summed E-state index contributed by atoms with van der Waals surface area (Å²) in [4.78, 5) is 1.35. The zero-order valence-corrected chi connectivity index (χ0v) is 30.5. The largest absolute Gasteiger partial charge is 1.00 e. The Balaban J connectivity index is 0.00000441. The number of rotatable bonds is 18. The van der Waals surface area contributed by atoms with Crippen LogP contribution in [0.3, 0.4) is 0 Å². The molecule has 0 bridgehead atoms. The van der Waals surface area contributed by atoms with E-state index < -0.39 is 32.0 Å². The first-order valence-corrected chi connectivity index (χ1v) is 16.9. The molecule has 0 saturated carbocycles. The van der Waals surface area contributed by atoms with E-state index in [-0.39, 0.29) is 59.1 Å². The Bertz CT molecular complexity index is 1280. The molecule has 218 valence electrons. The summed E-state index contributed by atoms with van der Waals surface area (Å²) in [5.74, 6) is -0.981. The number of nitrogens with one attached hydrogen (secondary N) is 2. The molecule has 42 heavy (non-hydrogen) atoms. The van der Waals surface area contributed by atoms with E-state index in [1.54, 1.807) is 0 Å². The number of hydrogen-bond donors (Lipinski definition) is 2. The van der Waals surface area contributed by atoms with E-state index in [1.807, 2.05) is 60.7 Å². The van der Waals surface area contributed by atoms with Gasteiger partial charge in [-0.1, -0.05) is 78.9 Å². The van der Waals surface area contributed by atoms with Gasteiger partial charge in [0.1, 0.15) is 33.3 Å². The predicted octanol–water partition coefficient (Wildman–Crippen LogP) is -4.48. The number of aryl methyl sites for hydroxylation is 2. The third-order valence-corrected chi connectivity index (χ3v) is 8.36. The quantitative estimate of drug-likeness (QED) is 0.0827. The second kappa shape index (κ2) is 20.4. The van der Waals surface area contributed by atoms with Gasteiger partial charge in [-0.15, -0.1) is 0 Å². The molecule has 0 spiro atoms. The summed E-state index contributed by atoms with van der Waals surface area (Å²) in [6.07, 6.45) is 5.11. The molecule has 3 aromatic carbocycles. The van der Waals surface area contributed by atoms with Crippen LogP contribution in [0.5, 0.6) is 0 Å². The predicted molar refractivity (Wildman–Crippen MR) is 153 cm³/mol. The topological polar surface area (TPSA) is 123 Å². The summed E-state index contributed by atoms with van der Waals surface area (Å²) in [6.45, 7) is 1.83. The van der Waals surface area contributed by atoms with Crippen molar-refractivity contribution in [2.45, 2.75) is 51.6 Å². The van der Waals surface area contributed by atoms with Crippen molar-refractivity contribution in [2.24, 2.45) is 0 Å². The van der Waals surface area contributed by atoms with Gasteiger partial charge in [-0.25, -0.2) is 16.8 Å². The van der Waals surface area contributed by atoms with Crippen LogP contribution in [0.4, 0.5) is 0 Å². The molecule has 0 aliphatic heterocycles. The maximum atomic E-state index is 11.6. The molecule has 2 atom stereocenters. The fraction of sp³-hybridized carbons (Fsp3) is 0.400. The van der Waals surface area contributed by atoms with E-state index in [9.17, 15) is 25.9 Å². The van der Waals surface area contributed by atoms with Crippen molar-refractivity contribution in [3.8, 4) is 0 Å². The van der Waals surface area contributed by atoms with E-state index in [0.717, 1.165) is 49.7 Å². The van der Waals surface area contributed by atoms with Crippen molar-refractivity contribution in [2.75, 3.05) is 24.8 Å². The van der Waals surface area contributed by atoms with Gasteiger partial charge < -0.3 is 18.9 Å². The van der Waals surface area contributed by atoms with Gasteiger partial charge in [0, 0.05) is 11.1 Å². The maximum absolute atomic E-state index is 11.6. The van der Waals surface area contributed by atoms with Crippen molar-refractivity contribution in [3.63, 3.8) is 0 Å². The van der Waals surface area contributed by atoms with Gasteiger partial charge in [0.2, 0.25) is 0 Å². The standard InChI is InChI=1S/C30H40N2O6S2.2Na/c33-39(34,35)25-31(20-9-7-16-27-12-3-1-4-13-27)23-29-18-11-19-30(22-29)24-32(26-40(36,37)38)21-10-8-17-28-14-5-2-6-15-28;;/h1-6,11-15,18-19,22H,7-10,16-17,20-21,23-26H2,(H,33,34,35)(H,36,37,38);;/q;2*+1. The Morgan fingerprint density at radius 1 is 0.500 bits per heavy atom. The Kier molecular flexibility index (Phi) is 19.2. The molecule has 0 radical (unpaired) electrons. The van der Waals surface area contributed by atoms with E-state index in [4.69, 9.17) is 0 Å². The van der Waals surface area contributed by atoms with Crippen LogP contribution < -0.4 is 68.9 Å². The first kappa shape index (κ1) is 39.4. The molecule has 2 unspecified atom stereocenters. The van der Waals surface area contributed by atoms with Crippen LogP contribution in [0.1, 0.15) is 47.9 Å². The van der Waals surface area contributed by atoms with Crippen LogP contribution in [0.15, 0.2) is 84.9 Å². The van der Waals surface area contributed by atoms with Crippen LogP contribution >= 0.6 is 0 Å². The van der Waals surface area contributed by atoms with Crippen molar-refractivity contribution in [1.82, 2.24) is 0 Å². The van der Waals surface area contributed by atoms with E-state index in [0.29, 0.717) is 36.0 Å². The number of benzene rings is 3. The van der Waals surface area contributed by atoms with Crippen molar-refractivity contribution >= 4 is 20.2 Å². The molecule has 8 nitrogen and oxygen atoms in total. The Morgan fingerprint density at radius 2 is 0.857 bits per heavy atom. The summed E-state index contributed by atoms with van der Waals surface area (Å²) < 4.78 is 69.5. The molecule has 0 aliphatic rings. The van der Waals surface area contributed by atoms with E-state index in [2.05, 4.69) is 24.3 Å². The van der Waals surface area contributed by atoms with E-state index in [1.165, 1.54) is 11.1 Å². The summed E-state index contributed by atoms with van der Waals surface area (Å²) in [5.41, 5.74) is 4.18. The minimum atomic E-state index is -4.41. The summed E-state index contributed by atoms with van der Waals surface area (Å²) >= 11 is 0. The van der Waals surface area contributed by atoms with Crippen LogP contribution in [-0.2, 0) is 46.2 Å². The molecule has 0 heterocycles. The van der Waals surface area contributed by atoms with Crippen molar-refractivity contribution in [3.05, 3.63) is 107 Å². The number of quaternary nitrogens is 2. The molecule has 2 N–H and O–H groups in total. The second-order valence-electron chi connectivity index (χ2n) is 10.5. The summed E-state index contributed by atoms with van der Waals surface area (Å²) in [7, 11) is -8.82. The number of unbranched alkanes of at least 4 members (excludes halogenated alkanes) is 2. The third-order valence-electron chi connectivity index (χ3n) is 6.84. The average molecular weight is 635 g/mol. The zero-order chi connectivity index (χ0) is 28.8. The van der Waals surface area contributed by atoms with Gasteiger partial charge in [-0.3, -0.25) is 0 Å². The van der Waals surface area contributed by atoms with Crippen molar-refractivity contribution < 1.29 is 94.9 Å². The Hall–Kier alpha value is -0.600. The first-order valence-electron chi connectivity index (χ1n) is 13.8. The van der Waals surface area contributed by atoms with Gasteiger partial charge in [0.15, 0.2) is 11.8 Å². The summed E-state index contributed by atoms with van der Waals surface area (Å²) in [5, 5.41) is 0. The van der Waals surface area contributed by atoms with Crippen LogP contribution in [0.2, 0.25) is 0 Å². The summed E-state index contributed by atoms with van der Waals surface area (Å²) in [6, 6.07) is 27.7. The van der Waals surface area contributed by atoms with Crippen LogP contribution in [0.25, 0.3) is 0 Å². The molecule has 0 saturated heterocycles. The molecule has 0 aromatic heterocycles. The minimum absolute atomic E-state index is 0. The Labute approximate surface area is 296 Å². The van der Waals surface area contributed by atoms with Gasteiger partial charge in [-0.2, -0.15) is 0 Å². The SMILES string of the molecule is O=S(=O)([O-])C[NH+](CCCCc1ccccc1)Cc1cccc(C[NH+](CCCCc2ccccc2)CS(=O)(=O)[O-])c1.[Na+].[Na+]. The van der Waals surface area contributed by atoms with Gasteiger partial charge in [-0.05, 0) is 55.7 Å². The molecule has 3 rings (SSSR count). The zero-order valence-electron chi connectivity index (χ0n) is 24.8. The van der Waals surface area contributed by atoms with Gasteiger partial charge in [0.05, 0.1) is 13.1 Å². The second-order valence-corrected chi connectivity index (χ2v) is 13.3. The van der Waals surface area contributed by atoms with E-state index >= 15 is 0 Å². The molecule has 0 fully saturated rings.